The third kappa shape index (κ3) is 4.94. The van der Waals surface area contributed by atoms with E-state index in [4.69, 9.17) is 9.47 Å². The number of ether oxygens (including phenoxy) is 2. The highest BCUT2D eigenvalue weighted by molar-refractivity contribution is 5.92. The van der Waals surface area contributed by atoms with Gasteiger partial charge in [-0.15, -0.1) is 0 Å². The van der Waals surface area contributed by atoms with Gasteiger partial charge in [-0.2, -0.15) is 0 Å². The second-order valence-electron chi connectivity index (χ2n) is 7.12. The summed E-state index contributed by atoms with van der Waals surface area (Å²) in [5.41, 5.74) is 2.85. The lowest BCUT2D eigenvalue weighted by molar-refractivity contribution is -0.115. The van der Waals surface area contributed by atoms with Crippen molar-refractivity contribution in [3.8, 4) is 11.5 Å². The summed E-state index contributed by atoms with van der Waals surface area (Å²) < 4.78 is 10.6. The van der Waals surface area contributed by atoms with Crippen molar-refractivity contribution in [2.24, 2.45) is 5.92 Å². The molecule has 1 amide bonds. The van der Waals surface area contributed by atoms with Crippen molar-refractivity contribution < 1.29 is 14.3 Å². The SMILES string of the molecule is COc1ccc(CC(=O)Nc2ccc(N3CCC(C)CC3)cc2)c(OC)c1. The van der Waals surface area contributed by atoms with Crippen molar-refractivity contribution in [1.82, 2.24) is 0 Å². The van der Waals surface area contributed by atoms with Crippen LogP contribution in [0.1, 0.15) is 25.3 Å². The van der Waals surface area contributed by atoms with Crippen LogP contribution in [0, 0.1) is 5.92 Å². The quantitative estimate of drug-likeness (QED) is 0.833. The molecule has 1 heterocycles. The van der Waals surface area contributed by atoms with Crippen molar-refractivity contribution in [2.45, 2.75) is 26.2 Å². The monoisotopic (exact) mass is 368 g/mol. The van der Waals surface area contributed by atoms with Crippen molar-refractivity contribution in [2.75, 3.05) is 37.5 Å². The van der Waals surface area contributed by atoms with Gasteiger partial charge in [0.2, 0.25) is 5.91 Å². The molecule has 0 spiro atoms. The number of carbonyl (C=O) groups is 1. The van der Waals surface area contributed by atoms with Gasteiger partial charge in [0.1, 0.15) is 11.5 Å². The highest BCUT2D eigenvalue weighted by Gasteiger charge is 2.16. The molecule has 1 N–H and O–H groups in total. The molecule has 144 valence electrons. The third-order valence-corrected chi connectivity index (χ3v) is 5.15. The van der Waals surface area contributed by atoms with E-state index in [2.05, 4.69) is 29.3 Å². The van der Waals surface area contributed by atoms with E-state index in [1.807, 2.05) is 24.3 Å². The number of carbonyl (C=O) groups excluding carboxylic acids is 1. The third-order valence-electron chi connectivity index (χ3n) is 5.15. The number of hydrogen-bond donors (Lipinski definition) is 1. The van der Waals surface area contributed by atoms with E-state index in [0.29, 0.717) is 11.5 Å². The molecule has 5 nitrogen and oxygen atoms in total. The summed E-state index contributed by atoms with van der Waals surface area (Å²) in [6.45, 7) is 4.52. The van der Waals surface area contributed by atoms with Crippen LogP contribution in [0.5, 0.6) is 11.5 Å². The molecule has 1 saturated heterocycles. The predicted octanol–water partition coefficient (Wildman–Crippen LogP) is 4.12. The lowest BCUT2D eigenvalue weighted by Crippen LogP contribution is -2.32. The van der Waals surface area contributed by atoms with E-state index < -0.39 is 0 Å². The summed E-state index contributed by atoms with van der Waals surface area (Å²) in [6.07, 6.45) is 2.73. The van der Waals surface area contributed by atoms with E-state index >= 15 is 0 Å². The number of nitrogens with one attached hydrogen (secondary N) is 1. The Labute approximate surface area is 161 Å². The molecule has 2 aromatic rings. The maximum Gasteiger partial charge on any atom is 0.228 e. The van der Waals surface area contributed by atoms with Gasteiger partial charge < -0.3 is 19.7 Å². The number of methoxy groups -OCH3 is 2. The van der Waals surface area contributed by atoms with Gasteiger partial charge in [-0.3, -0.25) is 4.79 Å². The highest BCUT2D eigenvalue weighted by Crippen LogP contribution is 2.26. The summed E-state index contributed by atoms with van der Waals surface area (Å²) in [4.78, 5) is 14.8. The predicted molar refractivity (Wildman–Crippen MR) is 109 cm³/mol. The first kappa shape index (κ1) is 19.1. The van der Waals surface area contributed by atoms with Crippen LogP contribution in [-0.2, 0) is 11.2 Å². The fraction of sp³-hybridized carbons (Fsp3) is 0.409. The summed E-state index contributed by atoms with van der Waals surface area (Å²) in [6, 6.07) is 13.6. The number of anilines is 2. The number of piperidine rings is 1. The fourth-order valence-corrected chi connectivity index (χ4v) is 3.40. The summed E-state index contributed by atoms with van der Waals surface area (Å²) in [7, 11) is 3.20. The summed E-state index contributed by atoms with van der Waals surface area (Å²) in [5.74, 6) is 2.10. The van der Waals surface area contributed by atoms with Gasteiger partial charge in [0.05, 0.1) is 20.6 Å². The highest BCUT2D eigenvalue weighted by atomic mass is 16.5. The van der Waals surface area contributed by atoms with Gasteiger partial charge in [0.25, 0.3) is 0 Å². The summed E-state index contributed by atoms with van der Waals surface area (Å²) in [5, 5.41) is 2.96. The normalized spacial score (nSPS) is 14.7. The van der Waals surface area contributed by atoms with Crippen LogP contribution in [0.2, 0.25) is 0 Å². The maximum atomic E-state index is 12.4. The first-order valence-electron chi connectivity index (χ1n) is 9.45. The number of hydrogen-bond acceptors (Lipinski definition) is 4. The molecule has 1 fully saturated rings. The van der Waals surface area contributed by atoms with Gasteiger partial charge in [0.15, 0.2) is 0 Å². The molecule has 1 aliphatic heterocycles. The Hall–Kier alpha value is -2.69. The van der Waals surface area contributed by atoms with E-state index in [-0.39, 0.29) is 12.3 Å². The number of rotatable bonds is 6. The molecule has 0 radical (unpaired) electrons. The minimum atomic E-state index is -0.0713. The minimum absolute atomic E-state index is 0.0713. The zero-order valence-electron chi connectivity index (χ0n) is 16.3. The first-order chi connectivity index (χ1) is 13.1. The molecular formula is C22H28N2O3. The molecule has 0 aromatic heterocycles. The van der Waals surface area contributed by atoms with Crippen LogP contribution >= 0.6 is 0 Å². The van der Waals surface area contributed by atoms with Crippen LogP contribution in [0.25, 0.3) is 0 Å². The second-order valence-corrected chi connectivity index (χ2v) is 7.12. The van der Waals surface area contributed by atoms with Crippen LogP contribution < -0.4 is 19.7 Å². The fourth-order valence-electron chi connectivity index (χ4n) is 3.40. The lowest BCUT2D eigenvalue weighted by Gasteiger charge is -2.32. The minimum Gasteiger partial charge on any atom is -0.497 e. The van der Waals surface area contributed by atoms with E-state index in [1.165, 1.54) is 18.5 Å². The maximum absolute atomic E-state index is 12.4. The molecule has 5 heteroatoms. The summed E-state index contributed by atoms with van der Waals surface area (Å²) >= 11 is 0. The zero-order valence-corrected chi connectivity index (χ0v) is 16.3. The van der Waals surface area contributed by atoms with Gasteiger partial charge in [-0.05, 0) is 49.1 Å². The smallest absolute Gasteiger partial charge is 0.228 e. The van der Waals surface area contributed by atoms with Crippen LogP contribution in [0.3, 0.4) is 0 Å². The topological polar surface area (TPSA) is 50.8 Å². The van der Waals surface area contributed by atoms with Crippen molar-refractivity contribution in [1.29, 1.82) is 0 Å². The van der Waals surface area contributed by atoms with Crippen molar-refractivity contribution in [3.63, 3.8) is 0 Å². The molecule has 0 saturated carbocycles. The van der Waals surface area contributed by atoms with Crippen LogP contribution in [0.4, 0.5) is 11.4 Å². The Morgan fingerprint density at radius 3 is 2.41 bits per heavy atom. The lowest BCUT2D eigenvalue weighted by atomic mass is 9.99. The van der Waals surface area contributed by atoms with Crippen molar-refractivity contribution >= 4 is 17.3 Å². The molecule has 1 aliphatic rings. The first-order valence-corrected chi connectivity index (χ1v) is 9.45. The Morgan fingerprint density at radius 1 is 1.07 bits per heavy atom. The number of benzene rings is 2. The number of nitrogens with zero attached hydrogens (tertiary/aromatic N) is 1. The molecule has 0 unspecified atom stereocenters. The molecule has 0 aliphatic carbocycles. The standard InChI is InChI=1S/C22H28N2O3/c1-16-10-12-24(13-11-16)19-7-5-18(6-8-19)23-22(25)14-17-4-9-20(26-2)15-21(17)27-3/h4-9,15-16H,10-14H2,1-3H3,(H,23,25). The van der Waals surface area contributed by atoms with E-state index in [9.17, 15) is 4.79 Å². The van der Waals surface area contributed by atoms with Gasteiger partial charge >= 0.3 is 0 Å². The van der Waals surface area contributed by atoms with Gasteiger partial charge in [0, 0.05) is 36.1 Å². The Kier molecular flexibility index (Phi) is 6.22. The van der Waals surface area contributed by atoms with Crippen LogP contribution in [-0.4, -0.2) is 33.2 Å². The Morgan fingerprint density at radius 2 is 1.78 bits per heavy atom. The Balaban J connectivity index is 1.59. The average Bonchev–Trinajstić information content (AvgIpc) is 2.69. The molecular weight excluding hydrogens is 340 g/mol. The molecule has 27 heavy (non-hydrogen) atoms. The number of amides is 1. The van der Waals surface area contributed by atoms with Gasteiger partial charge in [-0.25, -0.2) is 0 Å². The van der Waals surface area contributed by atoms with Crippen molar-refractivity contribution in [3.05, 3.63) is 48.0 Å². The van der Waals surface area contributed by atoms with E-state index in [1.54, 1.807) is 20.3 Å². The van der Waals surface area contributed by atoms with E-state index in [0.717, 1.165) is 30.3 Å². The molecule has 3 rings (SSSR count). The van der Waals surface area contributed by atoms with Crippen LogP contribution in [0.15, 0.2) is 42.5 Å². The van der Waals surface area contributed by atoms with Gasteiger partial charge in [-0.1, -0.05) is 13.0 Å². The zero-order chi connectivity index (χ0) is 19.2. The molecule has 2 aromatic carbocycles. The molecule has 0 atom stereocenters. The average molecular weight is 368 g/mol. The molecule has 0 bridgehead atoms. The second kappa shape index (κ2) is 8.80. The largest absolute Gasteiger partial charge is 0.497 e. The Bertz CT molecular complexity index is 766.